The van der Waals surface area contributed by atoms with Crippen LogP contribution in [0.5, 0.6) is 0 Å². The molecule has 102 valence electrons. The van der Waals surface area contributed by atoms with Crippen LogP contribution in [-0.4, -0.2) is 15.0 Å². The maximum atomic E-state index is 5.91. The molecule has 20 heavy (non-hydrogen) atoms. The SMILES string of the molecule is CC(C)c1c(N)nnn1Cc1cccc2ccccc12. The Hall–Kier alpha value is -2.36. The molecule has 0 aliphatic rings. The largest absolute Gasteiger partial charge is 0.381 e. The van der Waals surface area contributed by atoms with Gasteiger partial charge in [-0.2, -0.15) is 0 Å². The van der Waals surface area contributed by atoms with Gasteiger partial charge in [0.1, 0.15) is 0 Å². The van der Waals surface area contributed by atoms with Crippen LogP contribution in [0.15, 0.2) is 42.5 Å². The van der Waals surface area contributed by atoms with E-state index in [-0.39, 0.29) is 0 Å². The second-order valence-electron chi connectivity index (χ2n) is 5.31. The fraction of sp³-hybridized carbons (Fsp3) is 0.250. The fourth-order valence-corrected chi connectivity index (χ4v) is 2.64. The molecular weight excluding hydrogens is 248 g/mol. The van der Waals surface area contributed by atoms with Crippen molar-refractivity contribution in [3.8, 4) is 0 Å². The van der Waals surface area contributed by atoms with Crippen LogP contribution >= 0.6 is 0 Å². The summed E-state index contributed by atoms with van der Waals surface area (Å²) in [6.45, 7) is 4.91. The Morgan fingerprint density at radius 3 is 2.65 bits per heavy atom. The Morgan fingerprint density at radius 2 is 1.85 bits per heavy atom. The summed E-state index contributed by atoms with van der Waals surface area (Å²) in [5.74, 6) is 0.834. The highest BCUT2D eigenvalue weighted by Crippen LogP contribution is 2.23. The van der Waals surface area contributed by atoms with Crippen LogP contribution in [0.4, 0.5) is 5.82 Å². The summed E-state index contributed by atoms with van der Waals surface area (Å²) < 4.78 is 1.90. The summed E-state index contributed by atoms with van der Waals surface area (Å²) in [5, 5.41) is 10.7. The number of nitrogens with two attached hydrogens (primary N) is 1. The van der Waals surface area contributed by atoms with Gasteiger partial charge in [-0.3, -0.25) is 0 Å². The van der Waals surface area contributed by atoms with Gasteiger partial charge in [0.05, 0.1) is 12.2 Å². The van der Waals surface area contributed by atoms with E-state index in [0.717, 1.165) is 5.69 Å². The van der Waals surface area contributed by atoms with Gasteiger partial charge in [-0.25, -0.2) is 4.68 Å². The van der Waals surface area contributed by atoms with E-state index < -0.39 is 0 Å². The molecule has 3 aromatic rings. The minimum absolute atomic E-state index is 0.306. The summed E-state index contributed by atoms with van der Waals surface area (Å²) in [5.41, 5.74) is 8.14. The summed E-state index contributed by atoms with van der Waals surface area (Å²) in [7, 11) is 0. The van der Waals surface area contributed by atoms with E-state index in [2.05, 4.69) is 66.6 Å². The lowest BCUT2D eigenvalue weighted by Crippen LogP contribution is -2.09. The van der Waals surface area contributed by atoms with Crippen LogP contribution in [0.3, 0.4) is 0 Å². The summed E-state index contributed by atoms with van der Waals surface area (Å²) >= 11 is 0. The van der Waals surface area contributed by atoms with Crippen molar-refractivity contribution in [3.63, 3.8) is 0 Å². The minimum atomic E-state index is 0.306. The first-order valence-corrected chi connectivity index (χ1v) is 6.82. The number of hydrogen-bond donors (Lipinski definition) is 1. The second kappa shape index (κ2) is 4.96. The molecule has 0 atom stereocenters. The van der Waals surface area contributed by atoms with Crippen molar-refractivity contribution in [2.24, 2.45) is 0 Å². The first-order chi connectivity index (χ1) is 9.66. The van der Waals surface area contributed by atoms with E-state index in [0.29, 0.717) is 18.3 Å². The van der Waals surface area contributed by atoms with Gasteiger partial charge >= 0.3 is 0 Å². The lowest BCUT2D eigenvalue weighted by atomic mass is 10.0. The molecule has 0 saturated heterocycles. The predicted octanol–water partition coefficient (Wildman–Crippen LogP) is 3.19. The third-order valence-corrected chi connectivity index (χ3v) is 3.55. The Kier molecular flexibility index (Phi) is 3.14. The minimum Gasteiger partial charge on any atom is -0.381 e. The van der Waals surface area contributed by atoms with Crippen LogP contribution < -0.4 is 5.73 Å². The quantitative estimate of drug-likeness (QED) is 0.792. The Morgan fingerprint density at radius 1 is 1.10 bits per heavy atom. The van der Waals surface area contributed by atoms with Gasteiger partial charge < -0.3 is 5.73 Å². The van der Waals surface area contributed by atoms with E-state index in [1.807, 2.05) is 4.68 Å². The molecule has 4 heteroatoms. The van der Waals surface area contributed by atoms with Crippen LogP contribution in [0.1, 0.15) is 31.0 Å². The highest BCUT2D eigenvalue weighted by molar-refractivity contribution is 5.85. The van der Waals surface area contributed by atoms with E-state index in [4.69, 9.17) is 5.73 Å². The van der Waals surface area contributed by atoms with Gasteiger partial charge in [-0.15, -0.1) is 5.10 Å². The lowest BCUT2D eigenvalue weighted by Gasteiger charge is -2.11. The molecule has 0 unspecified atom stereocenters. The van der Waals surface area contributed by atoms with Crippen LogP contribution in [0.2, 0.25) is 0 Å². The van der Waals surface area contributed by atoms with Crippen LogP contribution in [-0.2, 0) is 6.54 Å². The molecule has 2 aromatic carbocycles. The van der Waals surface area contributed by atoms with E-state index >= 15 is 0 Å². The maximum absolute atomic E-state index is 5.91. The van der Waals surface area contributed by atoms with Gasteiger partial charge in [0.15, 0.2) is 5.82 Å². The molecule has 4 nitrogen and oxygen atoms in total. The predicted molar refractivity (Wildman–Crippen MR) is 81.6 cm³/mol. The zero-order valence-electron chi connectivity index (χ0n) is 11.7. The zero-order valence-corrected chi connectivity index (χ0v) is 11.7. The van der Waals surface area contributed by atoms with Gasteiger partial charge in [0.2, 0.25) is 0 Å². The van der Waals surface area contributed by atoms with Crippen molar-refractivity contribution >= 4 is 16.6 Å². The van der Waals surface area contributed by atoms with Crippen molar-refractivity contribution in [1.29, 1.82) is 0 Å². The van der Waals surface area contributed by atoms with Gasteiger partial charge in [-0.1, -0.05) is 61.5 Å². The highest BCUT2D eigenvalue weighted by Gasteiger charge is 2.14. The Bertz CT molecular complexity index is 738. The van der Waals surface area contributed by atoms with Crippen molar-refractivity contribution in [3.05, 3.63) is 53.7 Å². The molecule has 0 spiro atoms. The maximum Gasteiger partial charge on any atom is 0.169 e. The normalized spacial score (nSPS) is 11.3. The van der Waals surface area contributed by atoms with Gasteiger partial charge in [0, 0.05) is 0 Å². The van der Waals surface area contributed by atoms with Gasteiger partial charge in [0.25, 0.3) is 0 Å². The summed E-state index contributed by atoms with van der Waals surface area (Å²) in [6.07, 6.45) is 0. The van der Waals surface area contributed by atoms with Crippen LogP contribution in [0, 0.1) is 0 Å². The fourth-order valence-electron chi connectivity index (χ4n) is 2.64. The van der Waals surface area contributed by atoms with Crippen molar-refractivity contribution in [2.45, 2.75) is 26.3 Å². The van der Waals surface area contributed by atoms with E-state index in [1.165, 1.54) is 16.3 Å². The highest BCUT2D eigenvalue weighted by atomic mass is 15.4. The molecule has 1 heterocycles. The number of hydrogen-bond acceptors (Lipinski definition) is 3. The molecule has 3 rings (SSSR count). The topological polar surface area (TPSA) is 56.7 Å². The third kappa shape index (κ3) is 2.13. The number of aromatic nitrogens is 3. The molecule has 0 aliphatic carbocycles. The molecule has 2 N–H and O–H groups in total. The standard InChI is InChI=1S/C16H18N4/c1-11(2)15-16(17)18-19-20(15)10-13-8-5-7-12-6-3-4-9-14(12)13/h3-9,11H,10,17H2,1-2H3. The van der Waals surface area contributed by atoms with Gasteiger partial charge in [-0.05, 0) is 22.3 Å². The Labute approximate surface area is 118 Å². The molecular formula is C16H18N4. The molecule has 0 fully saturated rings. The number of anilines is 1. The molecule has 0 saturated carbocycles. The monoisotopic (exact) mass is 266 g/mol. The number of nitrogen functional groups attached to an aromatic ring is 1. The Balaban J connectivity index is 2.06. The molecule has 0 bridgehead atoms. The van der Waals surface area contributed by atoms with Crippen molar-refractivity contribution in [2.75, 3.05) is 5.73 Å². The van der Waals surface area contributed by atoms with E-state index in [9.17, 15) is 0 Å². The number of fused-ring (bicyclic) bond motifs is 1. The molecule has 1 aromatic heterocycles. The first kappa shape index (κ1) is 12.7. The molecule has 0 aliphatic heterocycles. The smallest absolute Gasteiger partial charge is 0.169 e. The molecule has 0 radical (unpaired) electrons. The van der Waals surface area contributed by atoms with E-state index in [1.54, 1.807) is 0 Å². The number of benzene rings is 2. The average molecular weight is 266 g/mol. The zero-order chi connectivity index (χ0) is 14.1. The second-order valence-corrected chi connectivity index (χ2v) is 5.31. The van der Waals surface area contributed by atoms with Crippen molar-refractivity contribution in [1.82, 2.24) is 15.0 Å². The summed E-state index contributed by atoms with van der Waals surface area (Å²) in [6, 6.07) is 14.7. The lowest BCUT2D eigenvalue weighted by molar-refractivity contribution is 0.600. The van der Waals surface area contributed by atoms with Crippen molar-refractivity contribution < 1.29 is 0 Å². The first-order valence-electron chi connectivity index (χ1n) is 6.82. The average Bonchev–Trinajstić information content (AvgIpc) is 2.80. The molecule has 0 amide bonds. The van der Waals surface area contributed by atoms with Crippen LogP contribution in [0.25, 0.3) is 10.8 Å². The third-order valence-electron chi connectivity index (χ3n) is 3.55. The number of rotatable bonds is 3. The number of nitrogens with zero attached hydrogens (tertiary/aromatic N) is 3. The summed E-state index contributed by atoms with van der Waals surface area (Å²) in [4.78, 5) is 0.